The normalized spacial score (nSPS) is 11.8. The van der Waals surface area contributed by atoms with Crippen LogP contribution in [0.1, 0.15) is 18.1 Å². The molecule has 7 heteroatoms. The molecule has 2 aromatic rings. The number of ether oxygens (including phenoxy) is 1. The van der Waals surface area contributed by atoms with Crippen LogP contribution >= 0.6 is 15.9 Å². The standard InChI is InChI=1S/C17H17BrN2O4/c1-11(17(19)21)7-14-15(20(22)23)8-13(18)9-16(14)24-10-12-5-3-2-4-6-12/h2-6,8-9,11H,7,10H2,1H3,(H2,19,21). The van der Waals surface area contributed by atoms with E-state index in [1.54, 1.807) is 13.0 Å². The van der Waals surface area contributed by atoms with Crippen molar-refractivity contribution in [2.24, 2.45) is 11.7 Å². The van der Waals surface area contributed by atoms with Crippen LogP contribution < -0.4 is 10.5 Å². The van der Waals surface area contributed by atoms with Crippen LogP contribution in [-0.2, 0) is 17.8 Å². The van der Waals surface area contributed by atoms with E-state index in [-0.39, 0.29) is 18.7 Å². The number of carbonyl (C=O) groups excluding carboxylic acids is 1. The molecule has 2 rings (SSSR count). The molecule has 1 atom stereocenters. The Morgan fingerprint density at radius 2 is 2.00 bits per heavy atom. The van der Waals surface area contributed by atoms with Crippen molar-refractivity contribution in [2.45, 2.75) is 20.0 Å². The van der Waals surface area contributed by atoms with Gasteiger partial charge >= 0.3 is 0 Å². The number of hydrogen-bond donors (Lipinski definition) is 1. The molecule has 0 aliphatic heterocycles. The number of nitro benzene ring substituents is 1. The summed E-state index contributed by atoms with van der Waals surface area (Å²) < 4.78 is 6.32. The fourth-order valence-corrected chi connectivity index (χ4v) is 2.66. The number of amides is 1. The molecular formula is C17H17BrN2O4. The molecule has 24 heavy (non-hydrogen) atoms. The third-order valence-corrected chi connectivity index (χ3v) is 4.04. The van der Waals surface area contributed by atoms with Crippen LogP contribution in [0.5, 0.6) is 5.75 Å². The lowest BCUT2D eigenvalue weighted by molar-refractivity contribution is -0.385. The molecule has 2 aromatic carbocycles. The lowest BCUT2D eigenvalue weighted by Crippen LogP contribution is -2.23. The van der Waals surface area contributed by atoms with E-state index in [2.05, 4.69) is 15.9 Å². The minimum Gasteiger partial charge on any atom is -0.488 e. The van der Waals surface area contributed by atoms with Gasteiger partial charge in [-0.25, -0.2) is 0 Å². The van der Waals surface area contributed by atoms with Crippen LogP contribution in [-0.4, -0.2) is 10.8 Å². The molecule has 0 fully saturated rings. The Kier molecular flexibility index (Phi) is 5.92. The summed E-state index contributed by atoms with van der Waals surface area (Å²) in [5.41, 5.74) is 6.50. The molecule has 1 unspecified atom stereocenters. The summed E-state index contributed by atoms with van der Waals surface area (Å²) >= 11 is 3.26. The lowest BCUT2D eigenvalue weighted by Gasteiger charge is -2.15. The Hall–Kier alpha value is -2.41. The Bertz CT molecular complexity index is 750. The van der Waals surface area contributed by atoms with E-state index in [1.807, 2.05) is 30.3 Å². The number of primary amides is 1. The number of rotatable bonds is 7. The highest BCUT2D eigenvalue weighted by molar-refractivity contribution is 9.10. The molecule has 0 aromatic heterocycles. The van der Waals surface area contributed by atoms with E-state index < -0.39 is 16.7 Å². The predicted octanol–water partition coefficient (Wildman–Crippen LogP) is 3.60. The highest BCUT2D eigenvalue weighted by atomic mass is 79.9. The second-order valence-electron chi connectivity index (χ2n) is 5.44. The number of carbonyl (C=O) groups is 1. The summed E-state index contributed by atoms with van der Waals surface area (Å²) in [6.45, 7) is 1.90. The van der Waals surface area contributed by atoms with Gasteiger partial charge in [0.25, 0.3) is 5.69 Å². The SMILES string of the molecule is CC(Cc1c(OCc2ccccc2)cc(Br)cc1[N+](=O)[O-])C(N)=O. The number of nitro groups is 1. The summed E-state index contributed by atoms with van der Waals surface area (Å²) in [5.74, 6) is -0.682. The van der Waals surface area contributed by atoms with Gasteiger partial charge < -0.3 is 10.5 Å². The number of benzene rings is 2. The summed E-state index contributed by atoms with van der Waals surface area (Å²) in [7, 11) is 0. The van der Waals surface area contributed by atoms with E-state index in [4.69, 9.17) is 10.5 Å². The molecule has 0 aliphatic rings. The molecule has 2 N–H and O–H groups in total. The Morgan fingerprint density at radius 3 is 2.58 bits per heavy atom. The third kappa shape index (κ3) is 4.55. The van der Waals surface area contributed by atoms with Crippen molar-refractivity contribution < 1.29 is 14.5 Å². The second-order valence-corrected chi connectivity index (χ2v) is 6.36. The molecule has 0 aliphatic carbocycles. The van der Waals surface area contributed by atoms with Crippen molar-refractivity contribution in [1.82, 2.24) is 0 Å². The Morgan fingerprint density at radius 1 is 1.33 bits per heavy atom. The van der Waals surface area contributed by atoms with Gasteiger partial charge in [0.2, 0.25) is 5.91 Å². The van der Waals surface area contributed by atoms with Gasteiger partial charge in [-0.05, 0) is 18.1 Å². The monoisotopic (exact) mass is 392 g/mol. The first-order valence-electron chi connectivity index (χ1n) is 7.31. The summed E-state index contributed by atoms with van der Waals surface area (Å²) in [6.07, 6.45) is 0.142. The molecule has 0 saturated carbocycles. The van der Waals surface area contributed by atoms with Crippen LogP contribution in [0.4, 0.5) is 5.69 Å². The zero-order valence-corrected chi connectivity index (χ0v) is 14.7. The fraction of sp³-hybridized carbons (Fsp3) is 0.235. The van der Waals surface area contributed by atoms with Gasteiger partial charge in [0.1, 0.15) is 12.4 Å². The average molecular weight is 393 g/mol. The first-order chi connectivity index (χ1) is 11.4. The zero-order valence-electron chi connectivity index (χ0n) is 13.1. The molecule has 126 valence electrons. The van der Waals surface area contributed by atoms with Gasteiger partial charge in [0, 0.05) is 16.5 Å². The minimum atomic E-state index is -0.538. The quantitative estimate of drug-likeness (QED) is 0.574. The summed E-state index contributed by atoms with van der Waals surface area (Å²) in [6, 6.07) is 12.5. The third-order valence-electron chi connectivity index (χ3n) is 3.58. The predicted molar refractivity (Wildman–Crippen MR) is 93.6 cm³/mol. The van der Waals surface area contributed by atoms with Gasteiger partial charge in [-0.2, -0.15) is 0 Å². The smallest absolute Gasteiger partial charge is 0.277 e. The van der Waals surface area contributed by atoms with Crippen molar-refractivity contribution >= 4 is 27.5 Å². The van der Waals surface area contributed by atoms with Gasteiger partial charge in [-0.3, -0.25) is 14.9 Å². The van der Waals surface area contributed by atoms with Gasteiger partial charge in [-0.1, -0.05) is 53.2 Å². The molecule has 0 heterocycles. The van der Waals surface area contributed by atoms with E-state index in [0.29, 0.717) is 15.8 Å². The Labute approximate surface area is 147 Å². The van der Waals surface area contributed by atoms with Crippen LogP contribution in [0.2, 0.25) is 0 Å². The lowest BCUT2D eigenvalue weighted by atomic mass is 9.98. The average Bonchev–Trinajstić information content (AvgIpc) is 2.55. The van der Waals surface area contributed by atoms with Crippen LogP contribution in [0, 0.1) is 16.0 Å². The van der Waals surface area contributed by atoms with E-state index in [1.165, 1.54) is 6.07 Å². The van der Waals surface area contributed by atoms with Crippen LogP contribution in [0.15, 0.2) is 46.9 Å². The van der Waals surface area contributed by atoms with Gasteiger partial charge in [0.05, 0.1) is 10.5 Å². The highest BCUT2D eigenvalue weighted by Gasteiger charge is 2.24. The highest BCUT2D eigenvalue weighted by Crippen LogP contribution is 2.35. The first kappa shape index (κ1) is 17.9. The van der Waals surface area contributed by atoms with Crippen LogP contribution in [0.3, 0.4) is 0 Å². The van der Waals surface area contributed by atoms with Crippen LogP contribution in [0.25, 0.3) is 0 Å². The van der Waals surface area contributed by atoms with Crippen molar-refractivity contribution in [1.29, 1.82) is 0 Å². The van der Waals surface area contributed by atoms with Crippen molar-refractivity contribution in [3.05, 3.63) is 68.2 Å². The number of hydrogen-bond acceptors (Lipinski definition) is 4. The van der Waals surface area contributed by atoms with Crippen molar-refractivity contribution in [3.63, 3.8) is 0 Å². The molecule has 0 spiro atoms. The van der Waals surface area contributed by atoms with Gasteiger partial charge in [0.15, 0.2) is 0 Å². The first-order valence-corrected chi connectivity index (χ1v) is 8.10. The molecule has 0 saturated heterocycles. The van der Waals surface area contributed by atoms with Crippen molar-refractivity contribution in [3.8, 4) is 5.75 Å². The topological polar surface area (TPSA) is 95.5 Å². The minimum absolute atomic E-state index is 0.0967. The largest absolute Gasteiger partial charge is 0.488 e. The zero-order chi connectivity index (χ0) is 17.7. The summed E-state index contributed by atoms with van der Waals surface area (Å²) in [4.78, 5) is 22.2. The van der Waals surface area contributed by atoms with Gasteiger partial charge in [-0.15, -0.1) is 0 Å². The van der Waals surface area contributed by atoms with Crippen molar-refractivity contribution in [2.75, 3.05) is 0 Å². The maximum Gasteiger partial charge on any atom is 0.277 e. The molecular weight excluding hydrogens is 376 g/mol. The number of halogens is 1. The van der Waals surface area contributed by atoms with E-state index in [9.17, 15) is 14.9 Å². The molecule has 0 bridgehead atoms. The second kappa shape index (κ2) is 7.92. The molecule has 6 nitrogen and oxygen atoms in total. The molecule has 0 radical (unpaired) electrons. The summed E-state index contributed by atoms with van der Waals surface area (Å²) in [5, 5.41) is 11.4. The Balaban J connectivity index is 2.36. The maximum atomic E-state index is 11.4. The molecule has 1 amide bonds. The van der Waals surface area contributed by atoms with E-state index in [0.717, 1.165) is 5.56 Å². The number of nitrogens with two attached hydrogens (primary N) is 1. The number of nitrogens with zero attached hydrogens (tertiary/aromatic N) is 1. The van der Waals surface area contributed by atoms with E-state index >= 15 is 0 Å². The maximum absolute atomic E-state index is 11.4. The fourth-order valence-electron chi connectivity index (χ4n) is 2.24.